The summed E-state index contributed by atoms with van der Waals surface area (Å²) < 4.78 is 0. The third-order valence-corrected chi connectivity index (χ3v) is 3.72. The number of aliphatic hydroxyl groups is 2. The van der Waals surface area contributed by atoms with Crippen molar-refractivity contribution in [3.8, 4) is 0 Å². The highest BCUT2D eigenvalue weighted by atomic mass is 16.3. The van der Waals surface area contributed by atoms with Crippen LogP contribution in [0.4, 0.5) is 0 Å². The molecule has 2 aliphatic carbocycles. The fraction of sp³-hybridized carbons (Fsp3) is 0.833. The molecule has 2 atom stereocenters. The van der Waals surface area contributed by atoms with Crippen molar-refractivity contribution in [2.75, 3.05) is 0 Å². The maximum atomic E-state index is 9.41. The molecule has 0 aromatic rings. The summed E-state index contributed by atoms with van der Waals surface area (Å²) in [4.78, 5) is 0. The fourth-order valence-corrected chi connectivity index (χ4v) is 2.75. The lowest BCUT2D eigenvalue weighted by atomic mass is 9.75. The molecule has 0 heterocycles. The molecule has 0 radical (unpaired) electrons. The van der Waals surface area contributed by atoms with Gasteiger partial charge in [0.15, 0.2) is 0 Å². The summed E-state index contributed by atoms with van der Waals surface area (Å²) in [7, 11) is 0. The van der Waals surface area contributed by atoms with Crippen LogP contribution in [0.1, 0.15) is 38.5 Å². The van der Waals surface area contributed by atoms with Gasteiger partial charge in [-0.3, -0.25) is 0 Å². The van der Waals surface area contributed by atoms with Crippen molar-refractivity contribution in [2.45, 2.75) is 50.7 Å². The SMILES string of the molecule is OC1C=CC(C2CCC(O)CC2)CC1. The van der Waals surface area contributed by atoms with E-state index in [0.717, 1.165) is 44.4 Å². The van der Waals surface area contributed by atoms with E-state index in [9.17, 15) is 10.2 Å². The summed E-state index contributed by atoms with van der Waals surface area (Å²) in [6.07, 6.45) is 10.2. The quantitative estimate of drug-likeness (QED) is 0.628. The van der Waals surface area contributed by atoms with E-state index in [2.05, 4.69) is 6.08 Å². The lowest BCUT2D eigenvalue weighted by molar-refractivity contribution is 0.0909. The third kappa shape index (κ3) is 2.37. The molecule has 2 unspecified atom stereocenters. The summed E-state index contributed by atoms with van der Waals surface area (Å²) in [5.74, 6) is 1.41. The fourth-order valence-electron chi connectivity index (χ4n) is 2.75. The molecular weight excluding hydrogens is 176 g/mol. The molecule has 0 aromatic carbocycles. The Kier molecular flexibility index (Phi) is 3.24. The van der Waals surface area contributed by atoms with Crippen LogP contribution in [0.15, 0.2) is 12.2 Å². The van der Waals surface area contributed by atoms with Gasteiger partial charge in [0.25, 0.3) is 0 Å². The van der Waals surface area contributed by atoms with E-state index in [1.54, 1.807) is 0 Å². The van der Waals surface area contributed by atoms with Gasteiger partial charge >= 0.3 is 0 Å². The minimum Gasteiger partial charge on any atom is -0.393 e. The van der Waals surface area contributed by atoms with Gasteiger partial charge in [0, 0.05) is 0 Å². The highest BCUT2D eigenvalue weighted by Crippen LogP contribution is 2.35. The second-order valence-electron chi connectivity index (χ2n) is 4.76. The molecule has 2 heteroatoms. The topological polar surface area (TPSA) is 40.5 Å². The second kappa shape index (κ2) is 4.45. The Balaban J connectivity index is 1.87. The van der Waals surface area contributed by atoms with Crippen molar-refractivity contribution < 1.29 is 10.2 Å². The van der Waals surface area contributed by atoms with Crippen LogP contribution in [0.3, 0.4) is 0 Å². The van der Waals surface area contributed by atoms with Crippen molar-refractivity contribution in [2.24, 2.45) is 11.8 Å². The number of hydrogen-bond donors (Lipinski definition) is 2. The molecule has 0 bridgehead atoms. The van der Waals surface area contributed by atoms with Crippen LogP contribution >= 0.6 is 0 Å². The summed E-state index contributed by atoms with van der Waals surface area (Å²) in [6, 6.07) is 0. The molecule has 0 aliphatic heterocycles. The summed E-state index contributed by atoms with van der Waals surface area (Å²) >= 11 is 0. The lowest BCUT2D eigenvalue weighted by Gasteiger charge is -2.32. The predicted molar refractivity (Wildman–Crippen MR) is 55.8 cm³/mol. The molecule has 1 fully saturated rings. The van der Waals surface area contributed by atoms with Crippen LogP contribution in [0.25, 0.3) is 0 Å². The molecule has 0 aromatic heterocycles. The predicted octanol–water partition coefficient (Wildman–Crippen LogP) is 1.86. The molecule has 80 valence electrons. The zero-order valence-corrected chi connectivity index (χ0v) is 8.60. The summed E-state index contributed by atoms with van der Waals surface area (Å²) in [6.45, 7) is 0. The van der Waals surface area contributed by atoms with Crippen LogP contribution < -0.4 is 0 Å². The van der Waals surface area contributed by atoms with E-state index in [1.165, 1.54) is 0 Å². The standard InChI is InChI=1S/C12H20O2/c13-11-5-1-9(2-6-11)10-3-7-12(14)8-4-10/h1,5,9-14H,2-4,6-8H2. The average molecular weight is 196 g/mol. The maximum Gasteiger partial charge on any atom is 0.0721 e. The molecule has 2 N–H and O–H groups in total. The van der Waals surface area contributed by atoms with Gasteiger partial charge < -0.3 is 10.2 Å². The third-order valence-electron chi connectivity index (χ3n) is 3.72. The van der Waals surface area contributed by atoms with E-state index in [1.807, 2.05) is 6.08 Å². The summed E-state index contributed by atoms with van der Waals surface area (Å²) in [5.41, 5.74) is 0. The number of aliphatic hydroxyl groups excluding tert-OH is 2. The smallest absolute Gasteiger partial charge is 0.0721 e. The van der Waals surface area contributed by atoms with Crippen molar-refractivity contribution >= 4 is 0 Å². The van der Waals surface area contributed by atoms with E-state index in [0.29, 0.717) is 5.92 Å². The Labute approximate surface area is 85.6 Å². The van der Waals surface area contributed by atoms with Gasteiger partial charge in [0.05, 0.1) is 12.2 Å². The Morgan fingerprint density at radius 1 is 0.786 bits per heavy atom. The lowest BCUT2D eigenvalue weighted by Crippen LogP contribution is -2.25. The van der Waals surface area contributed by atoms with E-state index in [4.69, 9.17) is 0 Å². The second-order valence-corrected chi connectivity index (χ2v) is 4.76. The first-order valence-electron chi connectivity index (χ1n) is 5.80. The Morgan fingerprint density at radius 2 is 1.50 bits per heavy atom. The van der Waals surface area contributed by atoms with Gasteiger partial charge in [0.1, 0.15) is 0 Å². The molecular formula is C12H20O2. The molecule has 14 heavy (non-hydrogen) atoms. The van der Waals surface area contributed by atoms with Crippen molar-refractivity contribution in [1.82, 2.24) is 0 Å². The largest absolute Gasteiger partial charge is 0.393 e. The normalized spacial score (nSPS) is 43.9. The molecule has 0 amide bonds. The highest BCUT2D eigenvalue weighted by Gasteiger charge is 2.26. The van der Waals surface area contributed by atoms with Crippen LogP contribution in [0.2, 0.25) is 0 Å². The van der Waals surface area contributed by atoms with Crippen LogP contribution in [-0.2, 0) is 0 Å². The first-order chi connectivity index (χ1) is 6.75. The monoisotopic (exact) mass is 196 g/mol. The molecule has 2 rings (SSSR count). The Hall–Kier alpha value is -0.340. The zero-order valence-electron chi connectivity index (χ0n) is 8.60. The molecule has 1 saturated carbocycles. The number of rotatable bonds is 1. The van der Waals surface area contributed by atoms with Crippen molar-refractivity contribution in [3.63, 3.8) is 0 Å². The molecule has 0 saturated heterocycles. The molecule has 0 spiro atoms. The van der Waals surface area contributed by atoms with E-state index >= 15 is 0 Å². The van der Waals surface area contributed by atoms with Gasteiger partial charge in [-0.15, -0.1) is 0 Å². The first kappa shape index (κ1) is 10.2. The van der Waals surface area contributed by atoms with Gasteiger partial charge in [-0.05, 0) is 50.4 Å². The Bertz CT molecular complexity index is 204. The average Bonchev–Trinajstić information content (AvgIpc) is 2.21. The minimum absolute atomic E-state index is 0.0515. The van der Waals surface area contributed by atoms with Gasteiger partial charge in [-0.1, -0.05) is 12.2 Å². The number of hydrogen-bond acceptors (Lipinski definition) is 2. The first-order valence-corrected chi connectivity index (χ1v) is 5.80. The van der Waals surface area contributed by atoms with Gasteiger partial charge in [0.2, 0.25) is 0 Å². The zero-order chi connectivity index (χ0) is 9.97. The van der Waals surface area contributed by atoms with Gasteiger partial charge in [-0.2, -0.15) is 0 Å². The van der Waals surface area contributed by atoms with Crippen LogP contribution in [-0.4, -0.2) is 22.4 Å². The molecule has 2 aliphatic rings. The minimum atomic E-state index is -0.208. The maximum absolute atomic E-state index is 9.41. The van der Waals surface area contributed by atoms with Crippen LogP contribution in [0.5, 0.6) is 0 Å². The molecule has 2 nitrogen and oxygen atoms in total. The van der Waals surface area contributed by atoms with Gasteiger partial charge in [-0.25, -0.2) is 0 Å². The highest BCUT2D eigenvalue weighted by molar-refractivity contribution is 5.01. The summed E-state index contributed by atoms with van der Waals surface area (Å²) in [5, 5.41) is 18.7. The van der Waals surface area contributed by atoms with E-state index in [-0.39, 0.29) is 12.2 Å². The van der Waals surface area contributed by atoms with Crippen molar-refractivity contribution in [3.05, 3.63) is 12.2 Å². The van der Waals surface area contributed by atoms with Crippen LogP contribution in [0, 0.1) is 11.8 Å². The van der Waals surface area contributed by atoms with E-state index < -0.39 is 0 Å². The Morgan fingerprint density at radius 3 is 2.07 bits per heavy atom. The number of allylic oxidation sites excluding steroid dienone is 1. The van der Waals surface area contributed by atoms with Crippen molar-refractivity contribution in [1.29, 1.82) is 0 Å².